The second kappa shape index (κ2) is 4.61. The summed E-state index contributed by atoms with van der Waals surface area (Å²) >= 11 is 0. The zero-order valence-corrected chi connectivity index (χ0v) is 11.9. The van der Waals surface area contributed by atoms with E-state index in [1.165, 1.54) is 7.11 Å². The average Bonchev–Trinajstić information content (AvgIpc) is 2.57. The molecule has 0 N–H and O–H groups in total. The van der Waals surface area contributed by atoms with Gasteiger partial charge in [0.2, 0.25) is 0 Å². The number of nitrogens with zero attached hydrogens (tertiary/aromatic N) is 1. The Morgan fingerprint density at radius 1 is 1.26 bits per heavy atom. The van der Waals surface area contributed by atoms with Gasteiger partial charge < -0.3 is 14.0 Å². The van der Waals surface area contributed by atoms with Crippen LogP contribution in [0.3, 0.4) is 0 Å². The van der Waals surface area contributed by atoms with Gasteiger partial charge in [-0.3, -0.25) is 4.98 Å². The van der Waals surface area contributed by atoms with E-state index in [1.807, 2.05) is 27.7 Å². The van der Waals surface area contributed by atoms with E-state index >= 15 is 0 Å². The topological polar surface area (TPSA) is 57.7 Å². The lowest BCUT2D eigenvalue weighted by Crippen LogP contribution is -2.41. The van der Waals surface area contributed by atoms with Gasteiger partial charge in [-0.15, -0.1) is 0 Å². The highest BCUT2D eigenvalue weighted by Crippen LogP contribution is 2.36. The zero-order valence-electron chi connectivity index (χ0n) is 11.9. The van der Waals surface area contributed by atoms with Crippen LogP contribution in [-0.2, 0) is 14.0 Å². The van der Waals surface area contributed by atoms with Crippen LogP contribution in [0.4, 0.5) is 0 Å². The third-order valence-corrected chi connectivity index (χ3v) is 3.72. The number of ether oxygens (including phenoxy) is 1. The highest BCUT2D eigenvalue weighted by atomic mass is 16.7. The first-order valence-corrected chi connectivity index (χ1v) is 6.17. The number of methoxy groups -OCH3 is 1. The lowest BCUT2D eigenvalue weighted by molar-refractivity contribution is 0.00578. The molecule has 1 aliphatic rings. The Morgan fingerprint density at radius 2 is 1.84 bits per heavy atom. The minimum Gasteiger partial charge on any atom is -0.465 e. The van der Waals surface area contributed by atoms with Crippen molar-refractivity contribution >= 4 is 18.7 Å². The summed E-state index contributed by atoms with van der Waals surface area (Å²) in [7, 11) is 0.670. The molecule has 1 aromatic heterocycles. The van der Waals surface area contributed by atoms with Gasteiger partial charge in [0.25, 0.3) is 0 Å². The van der Waals surface area contributed by atoms with Crippen molar-refractivity contribution in [3.05, 3.63) is 23.9 Å². The summed E-state index contributed by atoms with van der Waals surface area (Å²) in [5.74, 6) is -0.446. The molecule has 0 atom stereocenters. The fourth-order valence-corrected chi connectivity index (χ4v) is 1.84. The van der Waals surface area contributed by atoms with Crippen LogP contribution in [-0.4, -0.2) is 36.4 Å². The summed E-state index contributed by atoms with van der Waals surface area (Å²) < 4.78 is 16.5. The molecule has 19 heavy (non-hydrogen) atoms. The van der Waals surface area contributed by atoms with Crippen LogP contribution in [0.2, 0.25) is 0 Å². The Kier molecular flexibility index (Phi) is 3.41. The van der Waals surface area contributed by atoms with Gasteiger partial charge in [-0.25, -0.2) is 4.79 Å². The van der Waals surface area contributed by atoms with Crippen molar-refractivity contribution in [2.75, 3.05) is 7.11 Å². The summed E-state index contributed by atoms with van der Waals surface area (Å²) in [6, 6.07) is 3.33. The largest absolute Gasteiger partial charge is 0.515 e. The summed E-state index contributed by atoms with van der Waals surface area (Å²) in [4.78, 5) is 16.0. The molecule has 0 saturated carbocycles. The molecule has 0 amide bonds. The number of hydrogen-bond acceptors (Lipinski definition) is 5. The van der Waals surface area contributed by atoms with E-state index in [2.05, 4.69) is 4.98 Å². The third-order valence-electron chi connectivity index (χ3n) is 3.72. The van der Waals surface area contributed by atoms with Gasteiger partial charge in [0, 0.05) is 6.20 Å². The van der Waals surface area contributed by atoms with Crippen LogP contribution in [0.25, 0.3) is 0 Å². The minimum atomic E-state index is -0.666. The first-order chi connectivity index (χ1) is 8.78. The maximum atomic E-state index is 11.7. The van der Waals surface area contributed by atoms with Gasteiger partial charge in [-0.05, 0) is 39.8 Å². The summed E-state index contributed by atoms with van der Waals surface area (Å²) in [5, 5.41) is 0. The third kappa shape index (κ3) is 2.38. The van der Waals surface area contributed by atoms with Crippen molar-refractivity contribution in [2.24, 2.45) is 0 Å². The molecular formula is C13H18BNO4. The molecule has 1 aliphatic heterocycles. The van der Waals surface area contributed by atoms with E-state index < -0.39 is 24.3 Å². The van der Waals surface area contributed by atoms with Gasteiger partial charge in [0.1, 0.15) is 0 Å². The molecule has 6 heteroatoms. The number of aromatic nitrogens is 1. The molecule has 0 aliphatic carbocycles. The van der Waals surface area contributed by atoms with Crippen LogP contribution in [0.15, 0.2) is 18.3 Å². The average molecular weight is 263 g/mol. The molecule has 1 aromatic rings. The predicted octanol–water partition coefficient (Wildman–Crippen LogP) is 1.17. The number of esters is 1. The lowest BCUT2D eigenvalue weighted by Gasteiger charge is -2.32. The van der Waals surface area contributed by atoms with E-state index in [1.54, 1.807) is 18.3 Å². The lowest BCUT2D eigenvalue weighted by atomic mass is 9.81. The van der Waals surface area contributed by atoms with E-state index in [-0.39, 0.29) is 0 Å². The first kappa shape index (κ1) is 14.0. The van der Waals surface area contributed by atoms with Crippen LogP contribution in [0, 0.1) is 0 Å². The van der Waals surface area contributed by atoms with Crippen molar-refractivity contribution in [1.82, 2.24) is 4.98 Å². The number of hydrogen-bond donors (Lipinski definition) is 0. The fourth-order valence-electron chi connectivity index (χ4n) is 1.84. The molecule has 2 heterocycles. The molecule has 0 spiro atoms. The summed E-state index contributed by atoms with van der Waals surface area (Å²) in [6.45, 7) is 7.81. The number of rotatable bonds is 2. The molecular weight excluding hydrogens is 245 g/mol. The number of carbonyl (C=O) groups is 1. The monoisotopic (exact) mass is 263 g/mol. The van der Waals surface area contributed by atoms with E-state index in [9.17, 15) is 4.79 Å². The van der Waals surface area contributed by atoms with Crippen molar-refractivity contribution in [1.29, 1.82) is 0 Å². The SMILES string of the molecule is COC(=O)c1cccnc1B1OC(C)(C)C(C)(C)O1. The molecule has 102 valence electrons. The summed E-state index contributed by atoms with van der Waals surface area (Å²) in [6.07, 6.45) is 1.60. The van der Waals surface area contributed by atoms with E-state index in [0.717, 1.165) is 0 Å². The minimum absolute atomic E-state index is 0.364. The summed E-state index contributed by atoms with van der Waals surface area (Å²) in [5.41, 5.74) is -0.123. The van der Waals surface area contributed by atoms with Crippen molar-refractivity contribution < 1.29 is 18.8 Å². The molecule has 0 radical (unpaired) electrons. The first-order valence-electron chi connectivity index (χ1n) is 6.17. The molecule has 2 rings (SSSR count). The molecule has 0 aromatic carbocycles. The van der Waals surface area contributed by atoms with Gasteiger partial charge in [0.15, 0.2) is 0 Å². The zero-order chi connectivity index (χ0) is 14.3. The Morgan fingerprint density at radius 3 is 2.37 bits per heavy atom. The Labute approximate surface area is 113 Å². The number of carbonyl (C=O) groups excluding carboxylic acids is 1. The molecule has 0 bridgehead atoms. The highest BCUT2D eigenvalue weighted by molar-refractivity contribution is 6.62. The molecule has 1 saturated heterocycles. The van der Waals surface area contributed by atoms with Crippen LogP contribution < -0.4 is 5.59 Å². The van der Waals surface area contributed by atoms with Crippen molar-refractivity contribution in [3.8, 4) is 0 Å². The van der Waals surface area contributed by atoms with Gasteiger partial charge in [0.05, 0.1) is 29.5 Å². The molecule has 5 nitrogen and oxygen atoms in total. The Hall–Kier alpha value is -1.40. The second-order valence-corrected chi connectivity index (χ2v) is 5.52. The van der Waals surface area contributed by atoms with Crippen molar-refractivity contribution in [2.45, 2.75) is 38.9 Å². The van der Waals surface area contributed by atoms with Crippen LogP contribution >= 0.6 is 0 Å². The Bertz CT molecular complexity index is 485. The van der Waals surface area contributed by atoms with Crippen LogP contribution in [0.5, 0.6) is 0 Å². The van der Waals surface area contributed by atoms with E-state index in [0.29, 0.717) is 11.2 Å². The maximum absolute atomic E-state index is 11.7. The fraction of sp³-hybridized carbons (Fsp3) is 0.538. The number of pyridine rings is 1. The standard InChI is InChI=1S/C13H18BNO4/c1-12(2)13(3,4)19-14(18-12)10-9(11(16)17-5)7-6-8-15-10/h6-8H,1-5H3. The highest BCUT2D eigenvalue weighted by Gasteiger charge is 2.53. The second-order valence-electron chi connectivity index (χ2n) is 5.52. The Balaban J connectivity index is 2.37. The molecule has 0 unspecified atom stereocenters. The predicted molar refractivity (Wildman–Crippen MR) is 71.3 cm³/mol. The van der Waals surface area contributed by atoms with E-state index in [4.69, 9.17) is 14.0 Å². The normalized spacial score (nSPS) is 20.4. The van der Waals surface area contributed by atoms with Crippen molar-refractivity contribution in [3.63, 3.8) is 0 Å². The van der Waals surface area contributed by atoms with Crippen LogP contribution in [0.1, 0.15) is 38.1 Å². The molecule has 1 fully saturated rings. The van der Waals surface area contributed by atoms with Gasteiger partial charge in [-0.2, -0.15) is 0 Å². The quantitative estimate of drug-likeness (QED) is 0.592. The smallest absolute Gasteiger partial charge is 0.465 e. The van der Waals surface area contributed by atoms with Gasteiger partial charge >= 0.3 is 13.1 Å². The van der Waals surface area contributed by atoms with Gasteiger partial charge in [-0.1, -0.05) is 0 Å². The maximum Gasteiger partial charge on any atom is 0.515 e.